The molecule has 0 radical (unpaired) electrons. The van der Waals surface area contributed by atoms with E-state index in [9.17, 15) is 18.8 Å². The lowest BCUT2D eigenvalue weighted by molar-refractivity contribution is -0.136. The summed E-state index contributed by atoms with van der Waals surface area (Å²) in [6, 6.07) is 11.9. The number of benzene rings is 2. The van der Waals surface area contributed by atoms with Gasteiger partial charge in [0.05, 0.1) is 18.1 Å². The van der Waals surface area contributed by atoms with E-state index in [2.05, 4.69) is 9.97 Å². The maximum atomic E-state index is 13.1. The Hall–Kier alpha value is -4.14. The molecule has 1 aliphatic heterocycles. The first-order valence-corrected chi connectivity index (χ1v) is 12.2. The molecule has 2 amide bonds. The third kappa shape index (κ3) is 5.07. The highest BCUT2D eigenvalue weighted by molar-refractivity contribution is 6.09. The van der Waals surface area contributed by atoms with Crippen LogP contribution in [0.4, 0.5) is 10.1 Å². The summed E-state index contributed by atoms with van der Waals surface area (Å²) >= 11 is 0. The highest BCUT2D eigenvalue weighted by Crippen LogP contribution is 2.41. The topological polar surface area (TPSA) is 92.7 Å². The SMILES string of the molecule is CN(C)C(=O)C1CC(c2ncc(N3CC[C@@H](Oc4ccc(C(=O)c5ccc(F)cc5)cc4)C3=O)cn2)C1. The van der Waals surface area contributed by atoms with Crippen molar-refractivity contribution in [3.63, 3.8) is 0 Å². The van der Waals surface area contributed by atoms with Gasteiger partial charge in [0.1, 0.15) is 17.4 Å². The molecule has 2 aromatic carbocycles. The Bertz CT molecular complexity index is 1300. The van der Waals surface area contributed by atoms with Crippen LogP contribution in [0, 0.1) is 11.7 Å². The minimum Gasteiger partial charge on any atom is -0.481 e. The highest BCUT2D eigenvalue weighted by Gasteiger charge is 2.38. The molecule has 1 saturated heterocycles. The molecule has 190 valence electrons. The fraction of sp³-hybridized carbons (Fsp3) is 0.321. The third-order valence-corrected chi connectivity index (χ3v) is 6.92. The molecule has 2 heterocycles. The summed E-state index contributed by atoms with van der Waals surface area (Å²) in [5, 5.41) is 0. The van der Waals surface area contributed by atoms with Crippen molar-refractivity contribution in [3.8, 4) is 5.75 Å². The van der Waals surface area contributed by atoms with Gasteiger partial charge in [-0.15, -0.1) is 0 Å². The molecule has 9 heteroatoms. The summed E-state index contributed by atoms with van der Waals surface area (Å²) in [6.45, 7) is 0.482. The van der Waals surface area contributed by atoms with Gasteiger partial charge in [0.2, 0.25) is 5.91 Å². The smallest absolute Gasteiger partial charge is 0.268 e. The number of amides is 2. The van der Waals surface area contributed by atoms with Crippen LogP contribution >= 0.6 is 0 Å². The first-order valence-electron chi connectivity index (χ1n) is 12.2. The van der Waals surface area contributed by atoms with Crippen LogP contribution in [0.3, 0.4) is 0 Å². The van der Waals surface area contributed by atoms with E-state index in [4.69, 9.17) is 4.74 Å². The first kappa shape index (κ1) is 24.5. The fourth-order valence-corrected chi connectivity index (χ4v) is 4.71. The molecule has 2 fully saturated rings. The Morgan fingerprint density at radius 1 is 0.973 bits per heavy atom. The molecule has 1 aromatic heterocycles. The molecule has 3 aromatic rings. The molecule has 37 heavy (non-hydrogen) atoms. The molecule has 1 aliphatic carbocycles. The number of rotatable bonds is 7. The predicted octanol–water partition coefficient (Wildman–Crippen LogP) is 3.61. The number of carbonyl (C=O) groups is 3. The van der Waals surface area contributed by atoms with Gasteiger partial charge in [0.15, 0.2) is 11.9 Å². The average molecular weight is 503 g/mol. The normalized spacial score (nSPS) is 20.9. The second-order valence-electron chi connectivity index (χ2n) is 9.64. The third-order valence-electron chi connectivity index (χ3n) is 6.92. The molecule has 8 nitrogen and oxygen atoms in total. The largest absolute Gasteiger partial charge is 0.481 e. The van der Waals surface area contributed by atoms with Crippen LogP contribution in [0.1, 0.15) is 46.9 Å². The molecule has 1 atom stereocenters. The number of carbonyl (C=O) groups excluding carboxylic acids is 3. The van der Waals surface area contributed by atoms with E-state index >= 15 is 0 Å². The number of ether oxygens (including phenoxy) is 1. The van der Waals surface area contributed by atoms with Gasteiger partial charge >= 0.3 is 0 Å². The van der Waals surface area contributed by atoms with E-state index in [-0.39, 0.29) is 29.4 Å². The van der Waals surface area contributed by atoms with Crippen molar-refractivity contribution in [3.05, 3.63) is 83.7 Å². The lowest BCUT2D eigenvalue weighted by Crippen LogP contribution is -2.37. The molecular formula is C28H27FN4O4. The number of anilines is 1. The second kappa shape index (κ2) is 10.1. The van der Waals surface area contributed by atoms with Crippen molar-refractivity contribution in [1.82, 2.24) is 14.9 Å². The highest BCUT2D eigenvalue weighted by atomic mass is 19.1. The van der Waals surface area contributed by atoms with E-state index in [0.717, 1.165) is 12.8 Å². The molecular weight excluding hydrogens is 475 g/mol. The van der Waals surface area contributed by atoms with Gasteiger partial charge in [-0.1, -0.05) is 0 Å². The van der Waals surface area contributed by atoms with Crippen molar-refractivity contribution in [2.45, 2.75) is 31.3 Å². The van der Waals surface area contributed by atoms with Crippen LogP contribution in [-0.4, -0.2) is 59.2 Å². The minimum absolute atomic E-state index is 0.0245. The molecule has 0 unspecified atom stereocenters. The summed E-state index contributed by atoms with van der Waals surface area (Å²) < 4.78 is 19.0. The van der Waals surface area contributed by atoms with Gasteiger partial charge < -0.3 is 14.5 Å². The zero-order valence-corrected chi connectivity index (χ0v) is 20.6. The van der Waals surface area contributed by atoms with E-state index in [1.165, 1.54) is 24.3 Å². The van der Waals surface area contributed by atoms with Crippen molar-refractivity contribution in [1.29, 1.82) is 0 Å². The number of halogens is 1. The van der Waals surface area contributed by atoms with Gasteiger partial charge in [-0.05, 0) is 61.4 Å². The maximum Gasteiger partial charge on any atom is 0.268 e. The van der Waals surface area contributed by atoms with Gasteiger partial charge in [0, 0.05) is 50.0 Å². The Morgan fingerprint density at radius 2 is 1.57 bits per heavy atom. The summed E-state index contributed by atoms with van der Waals surface area (Å²) in [6.07, 6.45) is 4.64. The lowest BCUT2D eigenvalue weighted by Gasteiger charge is -2.34. The number of hydrogen-bond donors (Lipinski definition) is 0. The molecule has 1 saturated carbocycles. The Balaban J connectivity index is 1.17. The first-order chi connectivity index (χ1) is 17.8. The number of hydrogen-bond acceptors (Lipinski definition) is 6. The van der Waals surface area contributed by atoms with Crippen molar-refractivity contribution in [2.24, 2.45) is 5.92 Å². The van der Waals surface area contributed by atoms with Crippen molar-refractivity contribution < 1.29 is 23.5 Å². The van der Waals surface area contributed by atoms with Crippen molar-refractivity contribution >= 4 is 23.3 Å². The molecule has 2 aliphatic rings. The second-order valence-corrected chi connectivity index (χ2v) is 9.64. The minimum atomic E-state index is -0.650. The quantitative estimate of drug-likeness (QED) is 0.459. The Kier molecular flexibility index (Phi) is 6.69. The van der Waals surface area contributed by atoms with Crippen molar-refractivity contribution in [2.75, 3.05) is 25.5 Å². The molecule has 0 N–H and O–H groups in total. The predicted molar refractivity (Wildman–Crippen MR) is 134 cm³/mol. The Morgan fingerprint density at radius 3 is 2.16 bits per heavy atom. The van der Waals surface area contributed by atoms with Crippen LogP contribution in [0.2, 0.25) is 0 Å². The van der Waals surface area contributed by atoms with E-state index in [1.54, 1.807) is 60.6 Å². The molecule has 0 spiro atoms. The maximum absolute atomic E-state index is 13.1. The van der Waals surface area contributed by atoms with Crippen LogP contribution in [0.5, 0.6) is 5.75 Å². The number of ketones is 1. The number of nitrogens with zero attached hydrogens (tertiary/aromatic N) is 4. The lowest BCUT2D eigenvalue weighted by atomic mass is 9.73. The number of aromatic nitrogens is 2. The standard InChI is InChI=1S/C28H27FN4O4/c1-32(2)27(35)20-13-19(14-20)26-30-15-22(16-31-26)33-12-11-24(28(33)36)37-23-9-5-18(6-10-23)25(34)17-3-7-21(29)8-4-17/h3-10,15-16,19-20,24H,11-14H2,1-2H3/t19?,20?,24-/m1/s1. The Labute approximate surface area is 214 Å². The summed E-state index contributed by atoms with van der Waals surface area (Å²) in [4.78, 5) is 49.8. The van der Waals surface area contributed by atoms with Gasteiger partial charge in [-0.2, -0.15) is 0 Å². The van der Waals surface area contributed by atoms with Gasteiger partial charge in [-0.25, -0.2) is 14.4 Å². The van der Waals surface area contributed by atoms with Gasteiger partial charge in [-0.3, -0.25) is 14.4 Å². The summed E-state index contributed by atoms with van der Waals surface area (Å²) in [5.41, 5.74) is 1.45. The van der Waals surface area contributed by atoms with Crippen LogP contribution in [0.25, 0.3) is 0 Å². The zero-order chi connectivity index (χ0) is 26.1. The summed E-state index contributed by atoms with van der Waals surface area (Å²) in [7, 11) is 3.52. The molecule has 0 bridgehead atoms. The zero-order valence-electron chi connectivity index (χ0n) is 20.6. The van der Waals surface area contributed by atoms with Crippen LogP contribution in [-0.2, 0) is 9.59 Å². The van der Waals surface area contributed by atoms with E-state index < -0.39 is 11.9 Å². The van der Waals surface area contributed by atoms with Crippen LogP contribution < -0.4 is 9.64 Å². The monoisotopic (exact) mass is 502 g/mol. The van der Waals surface area contributed by atoms with E-state index in [0.29, 0.717) is 41.4 Å². The average Bonchev–Trinajstić information content (AvgIpc) is 3.23. The van der Waals surface area contributed by atoms with Crippen LogP contribution in [0.15, 0.2) is 60.9 Å². The van der Waals surface area contributed by atoms with E-state index in [1.807, 2.05) is 0 Å². The fourth-order valence-electron chi connectivity index (χ4n) is 4.71. The summed E-state index contributed by atoms with van der Waals surface area (Å²) in [5.74, 6) is 0.694. The van der Waals surface area contributed by atoms with Gasteiger partial charge in [0.25, 0.3) is 5.91 Å². The molecule has 5 rings (SSSR count).